The Morgan fingerprint density at radius 3 is 2.77 bits per heavy atom. The molecule has 0 amide bonds. The van der Waals surface area contributed by atoms with Crippen LogP contribution in [0.2, 0.25) is 0 Å². The lowest BCUT2D eigenvalue weighted by Gasteiger charge is -2.13. The molecule has 0 spiro atoms. The zero-order valence-electron chi connectivity index (χ0n) is 7.99. The van der Waals surface area contributed by atoms with E-state index in [1.165, 1.54) is 0 Å². The predicted molar refractivity (Wildman–Crippen MR) is 51.6 cm³/mol. The lowest BCUT2D eigenvalue weighted by molar-refractivity contribution is 0.282. The Morgan fingerprint density at radius 1 is 1.46 bits per heavy atom. The van der Waals surface area contributed by atoms with Crippen LogP contribution in [0, 0.1) is 6.92 Å². The molecule has 72 valence electrons. The van der Waals surface area contributed by atoms with Crippen molar-refractivity contribution in [2.75, 3.05) is 11.9 Å². The molecule has 2 N–H and O–H groups in total. The third-order valence-corrected chi connectivity index (χ3v) is 1.83. The molecule has 0 aliphatic heterocycles. The molecule has 1 aromatic rings. The summed E-state index contributed by atoms with van der Waals surface area (Å²) in [6.07, 6.45) is 4.04. The zero-order valence-corrected chi connectivity index (χ0v) is 7.99. The van der Waals surface area contributed by atoms with Gasteiger partial charge in [0.15, 0.2) is 0 Å². The lowest BCUT2D eigenvalue weighted by Crippen LogP contribution is -2.18. The molecule has 1 atom stereocenters. The summed E-state index contributed by atoms with van der Waals surface area (Å²) in [4.78, 5) is 8.25. The van der Waals surface area contributed by atoms with E-state index in [1.54, 1.807) is 12.4 Å². The van der Waals surface area contributed by atoms with Gasteiger partial charge in [0.25, 0.3) is 0 Å². The third kappa shape index (κ3) is 2.99. The molecule has 0 saturated carbocycles. The van der Waals surface area contributed by atoms with E-state index in [-0.39, 0.29) is 12.6 Å². The smallest absolute Gasteiger partial charge is 0.147 e. The number of nitrogens with one attached hydrogen (secondary N) is 1. The van der Waals surface area contributed by atoms with Crippen molar-refractivity contribution in [1.29, 1.82) is 0 Å². The fourth-order valence-electron chi connectivity index (χ4n) is 1.05. The maximum absolute atomic E-state index is 8.71. The topological polar surface area (TPSA) is 58.0 Å². The molecule has 0 bridgehead atoms. The first-order chi connectivity index (χ1) is 6.24. The van der Waals surface area contributed by atoms with Gasteiger partial charge in [0.05, 0.1) is 5.69 Å². The van der Waals surface area contributed by atoms with E-state index in [4.69, 9.17) is 5.11 Å². The lowest BCUT2D eigenvalue weighted by atomic mass is 10.2. The van der Waals surface area contributed by atoms with Crippen molar-refractivity contribution in [3.63, 3.8) is 0 Å². The summed E-state index contributed by atoms with van der Waals surface area (Å²) in [6, 6.07) is 0.223. The molecular weight excluding hydrogens is 166 g/mol. The summed E-state index contributed by atoms with van der Waals surface area (Å²) in [7, 11) is 0. The Hall–Kier alpha value is -1.16. The number of nitrogens with zero attached hydrogens (tertiary/aromatic N) is 2. The molecule has 1 rings (SSSR count). The van der Waals surface area contributed by atoms with E-state index < -0.39 is 0 Å². The predicted octanol–water partition coefficient (Wildman–Crippen LogP) is 0.968. The second kappa shape index (κ2) is 4.77. The number of aliphatic hydroxyl groups is 1. The Kier molecular flexibility index (Phi) is 3.64. The van der Waals surface area contributed by atoms with Gasteiger partial charge in [-0.3, -0.25) is 4.98 Å². The van der Waals surface area contributed by atoms with Crippen molar-refractivity contribution in [2.45, 2.75) is 26.3 Å². The van der Waals surface area contributed by atoms with Gasteiger partial charge in [0.2, 0.25) is 0 Å². The van der Waals surface area contributed by atoms with E-state index in [0.29, 0.717) is 0 Å². The Labute approximate surface area is 78.0 Å². The number of rotatable bonds is 4. The van der Waals surface area contributed by atoms with E-state index in [2.05, 4.69) is 15.3 Å². The van der Waals surface area contributed by atoms with Crippen LogP contribution in [-0.2, 0) is 0 Å². The van der Waals surface area contributed by atoms with Crippen molar-refractivity contribution in [3.05, 3.63) is 18.1 Å². The number of aromatic nitrogens is 2. The maximum atomic E-state index is 8.71. The van der Waals surface area contributed by atoms with Crippen LogP contribution in [0.3, 0.4) is 0 Å². The number of aryl methyl sites for hydroxylation is 1. The fraction of sp³-hybridized carbons (Fsp3) is 0.556. The van der Waals surface area contributed by atoms with Crippen molar-refractivity contribution in [2.24, 2.45) is 0 Å². The number of hydrogen-bond acceptors (Lipinski definition) is 4. The van der Waals surface area contributed by atoms with Crippen molar-refractivity contribution >= 4 is 5.82 Å². The minimum Gasteiger partial charge on any atom is -0.396 e. The monoisotopic (exact) mass is 181 g/mol. The second-order valence-corrected chi connectivity index (χ2v) is 3.05. The van der Waals surface area contributed by atoms with Gasteiger partial charge >= 0.3 is 0 Å². The molecule has 0 unspecified atom stereocenters. The summed E-state index contributed by atoms with van der Waals surface area (Å²) in [5, 5.41) is 11.9. The molecule has 0 aliphatic rings. The van der Waals surface area contributed by atoms with Crippen LogP contribution < -0.4 is 5.32 Å². The van der Waals surface area contributed by atoms with Gasteiger partial charge in [-0.1, -0.05) is 0 Å². The van der Waals surface area contributed by atoms with Crippen LogP contribution in [-0.4, -0.2) is 27.7 Å². The molecular formula is C9H15N3O. The molecule has 4 heteroatoms. The van der Waals surface area contributed by atoms with E-state index in [9.17, 15) is 0 Å². The van der Waals surface area contributed by atoms with Gasteiger partial charge in [-0.15, -0.1) is 0 Å². The van der Waals surface area contributed by atoms with Crippen molar-refractivity contribution in [3.8, 4) is 0 Å². The van der Waals surface area contributed by atoms with Crippen LogP contribution in [0.15, 0.2) is 12.4 Å². The highest BCUT2D eigenvalue weighted by Gasteiger charge is 2.04. The Balaban J connectivity index is 2.58. The second-order valence-electron chi connectivity index (χ2n) is 3.05. The third-order valence-electron chi connectivity index (χ3n) is 1.83. The molecule has 0 fully saturated rings. The van der Waals surface area contributed by atoms with Crippen molar-refractivity contribution in [1.82, 2.24) is 9.97 Å². The van der Waals surface area contributed by atoms with Crippen LogP contribution in [0.25, 0.3) is 0 Å². The normalized spacial score (nSPS) is 12.5. The average molecular weight is 181 g/mol. The Morgan fingerprint density at radius 2 is 2.15 bits per heavy atom. The Bertz CT molecular complexity index is 265. The minimum atomic E-state index is 0.188. The quantitative estimate of drug-likeness (QED) is 0.726. The highest BCUT2D eigenvalue weighted by atomic mass is 16.3. The van der Waals surface area contributed by atoms with Crippen LogP contribution in [0.4, 0.5) is 5.82 Å². The van der Waals surface area contributed by atoms with Gasteiger partial charge in [-0.25, -0.2) is 4.98 Å². The number of anilines is 1. The molecule has 0 saturated heterocycles. The van der Waals surface area contributed by atoms with E-state index in [0.717, 1.165) is 17.9 Å². The summed E-state index contributed by atoms with van der Waals surface area (Å²) < 4.78 is 0. The van der Waals surface area contributed by atoms with Gasteiger partial charge in [-0.05, 0) is 20.3 Å². The molecule has 0 aliphatic carbocycles. The average Bonchev–Trinajstić information content (AvgIpc) is 2.09. The fourth-order valence-corrected chi connectivity index (χ4v) is 1.05. The molecule has 13 heavy (non-hydrogen) atoms. The van der Waals surface area contributed by atoms with Gasteiger partial charge in [-0.2, -0.15) is 0 Å². The molecule has 0 aromatic carbocycles. The van der Waals surface area contributed by atoms with Crippen molar-refractivity contribution < 1.29 is 5.11 Å². The van der Waals surface area contributed by atoms with E-state index in [1.807, 2.05) is 13.8 Å². The largest absolute Gasteiger partial charge is 0.396 e. The number of aliphatic hydroxyl groups excluding tert-OH is 1. The summed E-state index contributed by atoms with van der Waals surface area (Å²) >= 11 is 0. The number of hydrogen-bond donors (Lipinski definition) is 2. The van der Waals surface area contributed by atoms with Crippen LogP contribution in [0.1, 0.15) is 19.0 Å². The first-order valence-electron chi connectivity index (χ1n) is 4.39. The van der Waals surface area contributed by atoms with E-state index >= 15 is 0 Å². The van der Waals surface area contributed by atoms with Gasteiger partial charge in [0, 0.05) is 25.0 Å². The van der Waals surface area contributed by atoms with Crippen LogP contribution in [0.5, 0.6) is 0 Å². The summed E-state index contributed by atoms with van der Waals surface area (Å²) in [5.41, 5.74) is 0.882. The standard InChI is InChI=1S/C9H15N3O/c1-7(3-6-13)12-9-8(2)10-4-5-11-9/h4-5,7,13H,3,6H2,1-2H3,(H,11,12)/t7-/m0/s1. The summed E-state index contributed by atoms with van der Waals surface area (Å²) in [5.74, 6) is 0.795. The molecule has 1 heterocycles. The molecule has 0 radical (unpaired) electrons. The van der Waals surface area contributed by atoms with Gasteiger partial charge < -0.3 is 10.4 Å². The SMILES string of the molecule is Cc1nccnc1N[C@@H](C)CCO. The highest BCUT2D eigenvalue weighted by molar-refractivity contribution is 5.38. The molecule has 1 aromatic heterocycles. The minimum absolute atomic E-state index is 0.188. The first kappa shape index (κ1) is 9.92. The van der Waals surface area contributed by atoms with Crippen LogP contribution >= 0.6 is 0 Å². The molecule has 4 nitrogen and oxygen atoms in total. The highest BCUT2D eigenvalue weighted by Crippen LogP contribution is 2.08. The summed E-state index contributed by atoms with van der Waals surface area (Å²) in [6.45, 7) is 4.10. The maximum Gasteiger partial charge on any atom is 0.147 e. The van der Waals surface area contributed by atoms with Gasteiger partial charge in [0.1, 0.15) is 5.82 Å². The first-order valence-corrected chi connectivity index (χ1v) is 4.39. The zero-order chi connectivity index (χ0) is 9.68.